The summed E-state index contributed by atoms with van der Waals surface area (Å²) in [5.74, 6) is -0.201. The second-order valence-electron chi connectivity index (χ2n) is 7.01. The molecule has 0 radical (unpaired) electrons. The van der Waals surface area contributed by atoms with Crippen LogP contribution in [-0.2, 0) is 10.0 Å². The average Bonchev–Trinajstić information content (AvgIpc) is 2.68. The molecule has 8 nitrogen and oxygen atoms in total. The van der Waals surface area contributed by atoms with Gasteiger partial charge in [-0.15, -0.1) is 0 Å². The number of halogens is 1. The molecule has 2 aromatic rings. The lowest BCUT2D eigenvalue weighted by Gasteiger charge is -2.30. The lowest BCUT2D eigenvalue weighted by atomic mass is 10.0. The topological polar surface area (TPSA) is 110 Å². The number of nitro benzene ring substituents is 1. The number of carbonyl (C=O) groups excluding carboxylic acids is 1. The van der Waals surface area contributed by atoms with Crippen LogP contribution in [0.5, 0.6) is 0 Å². The lowest BCUT2D eigenvalue weighted by Crippen LogP contribution is -2.39. The van der Waals surface area contributed by atoms with Crippen LogP contribution in [0.4, 0.5) is 11.4 Å². The van der Waals surface area contributed by atoms with E-state index in [9.17, 15) is 23.3 Å². The first-order valence-corrected chi connectivity index (χ1v) is 11.3. The molecule has 1 fully saturated rings. The summed E-state index contributed by atoms with van der Waals surface area (Å²) in [4.78, 5) is 23.0. The normalized spacial score (nSPS) is 17.7. The fourth-order valence-electron chi connectivity index (χ4n) is 3.22. The van der Waals surface area contributed by atoms with E-state index in [-0.39, 0.29) is 20.6 Å². The van der Waals surface area contributed by atoms with Crippen LogP contribution in [0.1, 0.15) is 30.1 Å². The number of hydrogen-bond acceptors (Lipinski definition) is 5. The summed E-state index contributed by atoms with van der Waals surface area (Å²) < 4.78 is 27.4. The van der Waals surface area contributed by atoms with E-state index in [1.165, 1.54) is 46.8 Å². The number of piperidine rings is 1. The van der Waals surface area contributed by atoms with Gasteiger partial charge in [0.1, 0.15) is 0 Å². The molecule has 1 N–H and O–H groups in total. The van der Waals surface area contributed by atoms with Crippen molar-refractivity contribution in [3.05, 3.63) is 62.6 Å². The van der Waals surface area contributed by atoms with Gasteiger partial charge >= 0.3 is 0 Å². The van der Waals surface area contributed by atoms with Gasteiger partial charge in [-0.1, -0.05) is 6.92 Å². The first kappa shape index (κ1) is 21.4. The van der Waals surface area contributed by atoms with Crippen molar-refractivity contribution >= 4 is 43.2 Å². The number of anilines is 1. The van der Waals surface area contributed by atoms with Crippen LogP contribution in [0.15, 0.2) is 51.8 Å². The van der Waals surface area contributed by atoms with E-state index < -0.39 is 20.9 Å². The molecule has 0 spiro atoms. The van der Waals surface area contributed by atoms with Crippen molar-refractivity contribution in [2.45, 2.75) is 24.7 Å². The minimum Gasteiger partial charge on any atom is -0.322 e. The third kappa shape index (κ3) is 4.82. The van der Waals surface area contributed by atoms with Crippen molar-refractivity contribution < 1.29 is 18.1 Å². The molecule has 10 heteroatoms. The highest BCUT2D eigenvalue weighted by Gasteiger charge is 2.28. The summed E-state index contributed by atoms with van der Waals surface area (Å²) in [6, 6.07) is 9.99. The van der Waals surface area contributed by atoms with Gasteiger partial charge in [-0.2, -0.15) is 4.31 Å². The Bertz CT molecular complexity index is 1040. The Kier molecular flexibility index (Phi) is 6.35. The number of hydrogen-bond donors (Lipinski definition) is 1. The Morgan fingerprint density at radius 3 is 2.55 bits per heavy atom. The van der Waals surface area contributed by atoms with Crippen molar-refractivity contribution in [1.29, 1.82) is 0 Å². The predicted octanol–water partition coefficient (Wildman–Crippen LogP) is 4.03. The van der Waals surface area contributed by atoms with Gasteiger partial charge in [0.2, 0.25) is 10.0 Å². The second kappa shape index (κ2) is 8.60. The van der Waals surface area contributed by atoms with Gasteiger partial charge < -0.3 is 5.32 Å². The number of rotatable bonds is 5. The molecule has 1 atom stereocenters. The predicted molar refractivity (Wildman–Crippen MR) is 112 cm³/mol. The minimum atomic E-state index is -3.57. The molecule has 1 unspecified atom stereocenters. The van der Waals surface area contributed by atoms with E-state index in [2.05, 4.69) is 21.2 Å². The molecule has 0 aromatic heterocycles. The average molecular weight is 482 g/mol. The second-order valence-corrected chi connectivity index (χ2v) is 9.80. The van der Waals surface area contributed by atoms with Crippen molar-refractivity contribution in [1.82, 2.24) is 4.31 Å². The summed E-state index contributed by atoms with van der Waals surface area (Å²) >= 11 is 3.08. The number of nitro groups is 1. The number of nitrogens with zero attached hydrogens (tertiary/aromatic N) is 2. The highest BCUT2D eigenvalue weighted by Crippen LogP contribution is 2.27. The maximum absolute atomic E-state index is 12.8. The molecule has 2 aromatic carbocycles. The van der Waals surface area contributed by atoms with Gasteiger partial charge in [-0.05, 0) is 71.1 Å². The van der Waals surface area contributed by atoms with E-state index >= 15 is 0 Å². The van der Waals surface area contributed by atoms with Crippen LogP contribution in [0.25, 0.3) is 0 Å². The zero-order valence-corrected chi connectivity index (χ0v) is 18.1. The SMILES string of the molecule is CC1CCCN(S(=O)(=O)c2ccc(NC(=O)c3ccc(Br)c([N+](=O)[O-])c3)cc2)C1. The van der Waals surface area contributed by atoms with Gasteiger partial charge in [-0.3, -0.25) is 14.9 Å². The van der Waals surface area contributed by atoms with Crippen LogP contribution >= 0.6 is 15.9 Å². The van der Waals surface area contributed by atoms with Gasteiger partial charge in [0, 0.05) is 30.4 Å². The fourth-order valence-corrected chi connectivity index (χ4v) is 5.21. The van der Waals surface area contributed by atoms with Crippen molar-refractivity contribution in [2.24, 2.45) is 5.92 Å². The molecular weight excluding hydrogens is 462 g/mol. The van der Waals surface area contributed by atoms with Crippen LogP contribution in [0, 0.1) is 16.0 Å². The Hall–Kier alpha value is -2.30. The smallest absolute Gasteiger partial charge is 0.284 e. The van der Waals surface area contributed by atoms with Crippen molar-refractivity contribution in [2.75, 3.05) is 18.4 Å². The summed E-state index contributed by atoms with van der Waals surface area (Å²) in [6.07, 6.45) is 1.86. The largest absolute Gasteiger partial charge is 0.322 e. The highest BCUT2D eigenvalue weighted by atomic mass is 79.9. The van der Waals surface area contributed by atoms with Crippen LogP contribution in [0.2, 0.25) is 0 Å². The minimum absolute atomic E-state index is 0.124. The number of nitrogens with one attached hydrogen (secondary N) is 1. The van der Waals surface area contributed by atoms with Crippen molar-refractivity contribution in [3.63, 3.8) is 0 Å². The molecule has 29 heavy (non-hydrogen) atoms. The maximum Gasteiger partial charge on any atom is 0.284 e. The van der Waals surface area contributed by atoms with Gasteiger partial charge in [0.25, 0.3) is 11.6 Å². The molecule has 1 aliphatic rings. The molecule has 0 bridgehead atoms. The third-order valence-electron chi connectivity index (χ3n) is 4.77. The molecule has 1 amide bonds. The number of benzene rings is 2. The molecule has 1 saturated heterocycles. The highest BCUT2D eigenvalue weighted by molar-refractivity contribution is 9.10. The van der Waals surface area contributed by atoms with Crippen molar-refractivity contribution in [3.8, 4) is 0 Å². The first-order valence-electron chi connectivity index (χ1n) is 9.04. The van der Waals surface area contributed by atoms with Crippen LogP contribution < -0.4 is 5.32 Å². The Labute approximate surface area is 177 Å². The first-order chi connectivity index (χ1) is 13.7. The Morgan fingerprint density at radius 1 is 1.24 bits per heavy atom. The van der Waals surface area contributed by atoms with E-state index in [0.717, 1.165) is 12.8 Å². The van der Waals surface area contributed by atoms with E-state index in [0.29, 0.717) is 24.7 Å². The quantitative estimate of drug-likeness (QED) is 0.511. The molecule has 3 rings (SSSR count). The van der Waals surface area contributed by atoms with Gasteiger partial charge in [0.05, 0.1) is 14.3 Å². The number of amides is 1. The Balaban J connectivity index is 1.74. The maximum atomic E-state index is 12.8. The molecule has 0 aliphatic carbocycles. The zero-order valence-electron chi connectivity index (χ0n) is 15.7. The van der Waals surface area contributed by atoms with Gasteiger partial charge in [-0.25, -0.2) is 8.42 Å². The van der Waals surface area contributed by atoms with Gasteiger partial charge in [0.15, 0.2) is 0 Å². The standard InChI is InChI=1S/C19H20BrN3O5S/c1-13-3-2-10-22(12-13)29(27,28)16-7-5-15(6-8-16)21-19(24)14-4-9-17(20)18(11-14)23(25)26/h4-9,11,13H,2-3,10,12H2,1H3,(H,21,24). The van der Waals surface area contributed by atoms with Crippen LogP contribution in [-0.4, -0.2) is 36.6 Å². The summed E-state index contributed by atoms with van der Waals surface area (Å²) in [7, 11) is -3.57. The third-order valence-corrected chi connectivity index (χ3v) is 7.32. The Morgan fingerprint density at radius 2 is 1.93 bits per heavy atom. The molecule has 1 aliphatic heterocycles. The molecule has 0 saturated carbocycles. The summed E-state index contributed by atoms with van der Waals surface area (Å²) in [5.41, 5.74) is 0.306. The monoisotopic (exact) mass is 481 g/mol. The molecular formula is C19H20BrN3O5S. The van der Waals surface area contributed by atoms with E-state index in [1.807, 2.05) is 6.92 Å². The summed E-state index contributed by atoms with van der Waals surface area (Å²) in [6.45, 7) is 3.05. The fraction of sp³-hybridized carbons (Fsp3) is 0.316. The lowest BCUT2D eigenvalue weighted by molar-refractivity contribution is -0.385. The molecule has 154 valence electrons. The van der Waals surface area contributed by atoms with E-state index in [4.69, 9.17) is 0 Å². The van der Waals surface area contributed by atoms with Crippen LogP contribution in [0.3, 0.4) is 0 Å². The number of carbonyl (C=O) groups is 1. The molecule has 1 heterocycles. The number of sulfonamides is 1. The van der Waals surface area contributed by atoms with E-state index in [1.54, 1.807) is 0 Å². The zero-order chi connectivity index (χ0) is 21.2. The summed E-state index contributed by atoms with van der Waals surface area (Å²) in [5, 5.41) is 13.6.